The van der Waals surface area contributed by atoms with Crippen LogP contribution in [0.4, 0.5) is 0 Å². The Morgan fingerprint density at radius 3 is 1.91 bits per heavy atom. The van der Waals surface area contributed by atoms with E-state index in [-0.39, 0.29) is 29.3 Å². The van der Waals surface area contributed by atoms with Gasteiger partial charge in [0.15, 0.2) is 0 Å². The molecule has 23 heavy (non-hydrogen) atoms. The van der Waals surface area contributed by atoms with Crippen molar-refractivity contribution in [1.29, 1.82) is 0 Å². The van der Waals surface area contributed by atoms with Crippen LogP contribution in [0.15, 0.2) is 29.2 Å². The molecular weight excluding hydrogens is 312 g/mol. The summed E-state index contributed by atoms with van der Waals surface area (Å²) in [5.74, 6) is -0.105. The van der Waals surface area contributed by atoms with E-state index in [1.807, 2.05) is 32.9 Å². The summed E-state index contributed by atoms with van der Waals surface area (Å²) in [6.45, 7) is 12.1. The van der Waals surface area contributed by atoms with Crippen LogP contribution < -0.4 is 10.0 Å². The monoisotopic (exact) mass is 340 g/mol. The molecule has 0 fully saturated rings. The molecule has 0 saturated heterocycles. The van der Waals surface area contributed by atoms with Crippen LogP contribution in [0.5, 0.6) is 0 Å². The summed E-state index contributed by atoms with van der Waals surface area (Å²) in [4.78, 5) is 11.9. The Balaban J connectivity index is 2.62. The number of carbonyl (C=O) groups excluding carboxylic acids is 1. The number of nitrogens with one attached hydrogen (secondary N) is 2. The summed E-state index contributed by atoms with van der Waals surface area (Å²) in [6.07, 6.45) is 0. The van der Waals surface area contributed by atoms with Crippen molar-refractivity contribution in [3.63, 3.8) is 0 Å². The lowest BCUT2D eigenvalue weighted by Crippen LogP contribution is -2.39. The topological polar surface area (TPSA) is 75.3 Å². The lowest BCUT2D eigenvalue weighted by molar-refractivity contribution is -0.128. The minimum absolute atomic E-state index is 0.0209. The van der Waals surface area contributed by atoms with Gasteiger partial charge in [0.2, 0.25) is 15.9 Å². The van der Waals surface area contributed by atoms with Crippen molar-refractivity contribution in [2.24, 2.45) is 5.41 Å². The number of rotatable bonds is 5. The van der Waals surface area contributed by atoms with Crippen molar-refractivity contribution >= 4 is 15.9 Å². The maximum atomic E-state index is 12.2. The Morgan fingerprint density at radius 2 is 1.48 bits per heavy atom. The highest BCUT2D eigenvalue weighted by atomic mass is 32.2. The molecule has 6 heteroatoms. The molecule has 0 unspecified atom stereocenters. The van der Waals surface area contributed by atoms with Gasteiger partial charge in [0.1, 0.15) is 0 Å². The fourth-order valence-corrected chi connectivity index (χ4v) is 2.88. The summed E-state index contributed by atoms with van der Waals surface area (Å²) >= 11 is 0. The van der Waals surface area contributed by atoms with Crippen LogP contribution in [0.25, 0.3) is 0 Å². The highest BCUT2D eigenvalue weighted by Gasteiger charge is 2.21. The van der Waals surface area contributed by atoms with Gasteiger partial charge in [0.25, 0.3) is 0 Å². The standard InChI is InChI=1S/C17H28N2O3S/c1-16(2,3)13-7-9-14(10-8-13)23(21,22)19-12-11-18-15(20)17(4,5)6/h7-10,19H,11-12H2,1-6H3,(H,18,20). The lowest BCUT2D eigenvalue weighted by atomic mass is 9.87. The molecular formula is C17H28N2O3S. The predicted molar refractivity (Wildman–Crippen MR) is 92.8 cm³/mol. The first-order valence-electron chi connectivity index (χ1n) is 7.72. The molecule has 0 bridgehead atoms. The average molecular weight is 340 g/mol. The van der Waals surface area contributed by atoms with E-state index in [1.165, 1.54) is 0 Å². The van der Waals surface area contributed by atoms with Crippen molar-refractivity contribution < 1.29 is 13.2 Å². The molecule has 0 aliphatic heterocycles. The van der Waals surface area contributed by atoms with E-state index < -0.39 is 15.4 Å². The van der Waals surface area contributed by atoms with Gasteiger partial charge in [-0.05, 0) is 23.1 Å². The SMILES string of the molecule is CC(C)(C)C(=O)NCCNS(=O)(=O)c1ccc(C(C)(C)C)cc1. The lowest BCUT2D eigenvalue weighted by Gasteiger charge is -2.19. The molecule has 0 aliphatic carbocycles. The Morgan fingerprint density at radius 1 is 0.957 bits per heavy atom. The van der Waals surface area contributed by atoms with Gasteiger partial charge in [-0.2, -0.15) is 0 Å². The Hall–Kier alpha value is -1.40. The van der Waals surface area contributed by atoms with E-state index in [1.54, 1.807) is 12.1 Å². The summed E-state index contributed by atoms with van der Waals surface area (Å²) in [7, 11) is -3.56. The second-order valence-electron chi connectivity index (χ2n) is 7.68. The van der Waals surface area contributed by atoms with Crippen molar-refractivity contribution in [1.82, 2.24) is 10.0 Å². The second kappa shape index (κ2) is 7.01. The molecule has 0 atom stereocenters. The zero-order valence-corrected chi connectivity index (χ0v) is 15.7. The molecule has 0 aliphatic rings. The molecule has 0 heterocycles. The van der Waals surface area contributed by atoms with Crippen LogP contribution in [-0.4, -0.2) is 27.4 Å². The molecule has 0 saturated carbocycles. The molecule has 1 aromatic rings. The van der Waals surface area contributed by atoms with Crippen LogP contribution in [0.2, 0.25) is 0 Å². The number of hydrogen-bond donors (Lipinski definition) is 2. The molecule has 5 nitrogen and oxygen atoms in total. The Labute approximate surface area is 139 Å². The first-order chi connectivity index (χ1) is 10.3. The van der Waals surface area contributed by atoms with Crippen LogP contribution >= 0.6 is 0 Å². The van der Waals surface area contributed by atoms with Gasteiger partial charge in [-0.3, -0.25) is 4.79 Å². The maximum absolute atomic E-state index is 12.2. The van der Waals surface area contributed by atoms with Crippen molar-refractivity contribution in [2.45, 2.75) is 51.9 Å². The van der Waals surface area contributed by atoms with E-state index in [2.05, 4.69) is 30.8 Å². The first kappa shape index (κ1) is 19.6. The van der Waals surface area contributed by atoms with Crippen LogP contribution in [0.3, 0.4) is 0 Å². The average Bonchev–Trinajstić information content (AvgIpc) is 2.41. The fraction of sp³-hybridized carbons (Fsp3) is 0.588. The molecule has 1 amide bonds. The second-order valence-corrected chi connectivity index (χ2v) is 9.45. The van der Waals surface area contributed by atoms with Crippen LogP contribution in [0, 0.1) is 5.41 Å². The van der Waals surface area contributed by atoms with E-state index >= 15 is 0 Å². The smallest absolute Gasteiger partial charge is 0.240 e. The zero-order chi connectivity index (χ0) is 17.9. The summed E-state index contributed by atoms with van der Waals surface area (Å²) in [6, 6.07) is 6.87. The van der Waals surface area contributed by atoms with E-state index in [0.717, 1.165) is 5.56 Å². The summed E-state index contributed by atoms with van der Waals surface area (Å²) < 4.78 is 26.9. The highest BCUT2D eigenvalue weighted by Crippen LogP contribution is 2.23. The normalized spacial score (nSPS) is 13.0. The molecule has 1 aromatic carbocycles. The fourth-order valence-electron chi connectivity index (χ4n) is 1.84. The van der Waals surface area contributed by atoms with E-state index in [4.69, 9.17) is 0 Å². The quantitative estimate of drug-likeness (QED) is 0.808. The third-order valence-corrected chi connectivity index (χ3v) is 4.89. The van der Waals surface area contributed by atoms with Gasteiger partial charge in [-0.1, -0.05) is 53.7 Å². The van der Waals surface area contributed by atoms with Crippen LogP contribution in [0.1, 0.15) is 47.1 Å². The van der Waals surface area contributed by atoms with Gasteiger partial charge in [-0.15, -0.1) is 0 Å². The van der Waals surface area contributed by atoms with Crippen molar-refractivity contribution in [3.05, 3.63) is 29.8 Å². The van der Waals surface area contributed by atoms with Crippen LogP contribution in [-0.2, 0) is 20.2 Å². The predicted octanol–water partition coefficient (Wildman–Crippen LogP) is 2.42. The van der Waals surface area contributed by atoms with Crippen molar-refractivity contribution in [2.75, 3.05) is 13.1 Å². The molecule has 130 valence electrons. The minimum atomic E-state index is -3.56. The highest BCUT2D eigenvalue weighted by molar-refractivity contribution is 7.89. The number of sulfonamides is 1. The first-order valence-corrected chi connectivity index (χ1v) is 9.21. The third-order valence-electron chi connectivity index (χ3n) is 3.41. The van der Waals surface area contributed by atoms with Gasteiger partial charge in [-0.25, -0.2) is 13.1 Å². The Kier molecular flexibility index (Phi) is 5.99. The van der Waals surface area contributed by atoms with Gasteiger partial charge >= 0.3 is 0 Å². The molecule has 2 N–H and O–H groups in total. The number of hydrogen-bond acceptors (Lipinski definition) is 3. The maximum Gasteiger partial charge on any atom is 0.240 e. The van der Waals surface area contributed by atoms with Gasteiger partial charge < -0.3 is 5.32 Å². The van der Waals surface area contributed by atoms with Gasteiger partial charge in [0.05, 0.1) is 4.90 Å². The van der Waals surface area contributed by atoms with Gasteiger partial charge in [0, 0.05) is 18.5 Å². The number of carbonyl (C=O) groups is 1. The number of amides is 1. The zero-order valence-electron chi connectivity index (χ0n) is 14.9. The van der Waals surface area contributed by atoms with E-state index in [0.29, 0.717) is 0 Å². The largest absolute Gasteiger partial charge is 0.354 e. The summed E-state index contributed by atoms with van der Waals surface area (Å²) in [5, 5.41) is 2.71. The summed E-state index contributed by atoms with van der Waals surface area (Å²) in [5.41, 5.74) is 0.572. The minimum Gasteiger partial charge on any atom is -0.354 e. The molecule has 0 aromatic heterocycles. The molecule has 0 radical (unpaired) electrons. The third kappa shape index (κ3) is 5.95. The Bertz CT molecular complexity index is 636. The molecule has 1 rings (SSSR count). The van der Waals surface area contributed by atoms with E-state index in [9.17, 15) is 13.2 Å². The van der Waals surface area contributed by atoms with Crippen molar-refractivity contribution in [3.8, 4) is 0 Å². The number of benzene rings is 1. The molecule has 0 spiro atoms.